The van der Waals surface area contributed by atoms with E-state index in [4.69, 9.17) is 4.42 Å². The van der Waals surface area contributed by atoms with E-state index in [0.717, 1.165) is 0 Å². The first kappa shape index (κ1) is 24.6. The van der Waals surface area contributed by atoms with Crippen LogP contribution < -0.4 is 10.6 Å². The molecule has 1 aromatic heterocycles. The maximum Gasteiger partial charge on any atom is 0.251 e. The molecule has 7 heteroatoms. The molecule has 0 radical (unpaired) electrons. The topological polar surface area (TPSA) is 88.4 Å². The average molecular weight is 485 g/mol. The normalized spacial score (nSPS) is 10.7. The molecule has 2 N–H and O–H groups in total. The summed E-state index contributed by atoms with van der Waals surface area (Å²) >= 11 is 0. The van der Waals surface area contributed by atoms with E-state index in [1.54, 1.807) is 55.6 Å². The maximum atomic E-state index is 13.4. The number of fused-ring (bicyclic) bond motifs is 1. The van der Waals surface area contributed by atoms with Gasteiger partial charge in [0.15, 0.2) is 6.29 Å². The summed E-state index contributed by atoms with van der Waals surface area (Å²) in [6.45, 7) is 4.13. The van der Waals surface area contributed by atoms with E-state index in [-0.39, 0.29) is 18.2 Å². The van der Waals surface area contributed by atoms with Gasteiger partial charge in [0.25, 0.3) is 5.91 Å². The number of nitrogens with one attached hydrogen (secondary N) is 2. The van der Waals surface area contributed by atoms with Crippen LogP contribution in [0.2, 0.25) is 0 Å². The van der Waals surface area contributed by atoms with E-state index < -0.39 is 5.82 Å². The number of hydrogen-bond acceptors (Lipinski definition) is 4. The molecule has 2 amide bonds. The van der Waals surface area contributed by atoms with Crippen molar-refractivity contribution in [1.29, 1.82) is 0 Å². The maximum absolute atomic E-state index is 13.4. The van der Waals surface area contributed by atoms with Gasteiger partial charge in [-0.3, -0.25) is 14.4 Å². The molecule has 6 nitrogen and oxygen atoms in total. The number of benzene rings is 3. The molecule has 4 rings (SSSR count). The van der Waals surface area contributed by atoms with Crippen LogP contribution in [0.5, 0.6) is 0 Å². The van der Waals surface area contributed by atoms with E-state index in [0.29, 0.717) is 69.4 Å². The van der Waals surface area contributed by atoms with Crippen LogP contribution in [0.1, 0.15) is 32.7 Å². The minimum absolute atomic E-state index is 0.0700. The third-order valence-corrected chi connectivity index (χ3v) is 5.88. The third-order valence-electron chi connectivity index (χ3n) is 5.88. The van der Waals surface area contributed by atoms with Crippen molar-refractivity contribution in [3.05, 3.63) is 95.8 Å². The molecule has 0 atom stereocenters. The Morgan fingerprint density at radius 1 is 1.06 bits per heavy atom. The van der Waals surface area contributed by atoms with Crippen LogP contribution in [0.25, 0.3) is 33.4 Å². The molecule has 36 heavy (non-hydrogen) atoms. The molecule has 182 valence electrons. The summed E-state index contributed by atoms with van der Waals surface area (Å²) in [6, 6.07) is 16.3. The monoisotopic (exact) mass is 484 g/mol. The van der Waals surface area contributed by atoms with E-state index >= 15 is 0 Å². The van der Waals surface area contributed by atoms with E-state index in [1.807, 2.05) is 6.07 Å². The SMILES string of the molecule is C=CCCNC(=O)c1cccc(-c2cc3c(C=O)c(-c4ccc(F)cc4)oc3cc2CC(=O)NC)c1. The number of furan rings is 1. The Morgan fingerprint density at radius 2 is 1.83 bits per heavy atom. The van der Waals surface area contributed by atoms with Crippen LogP contribution in [-0.4, -0.2) is 31.7 Å². The lowest BCUT2D eigenvalue weighted by Crippen LogP contribution is -2.24. The minimum atomic E-state index is -0.397. The predicted octanol–water partition coefficient (Wildman–Crippen LogP) is 5.31. The molecule has 0 saturated heterocycles. The summed E-state index contributed by atoms with van der Waals surface area (Å²) in [4.78, 5) is 37.0. The van der Waals surface area contributed by atoms with Crippen LogP contribution >= 0.6 is 0 Å². The quantitative estimate of drug-likeness (QED) is 0.191. The number of amides is 2. The molecule has 3 aromatic carbocycles. The largest absolute Gasteiger partial charge is 0.455 e. The van der Waals surface area contributed by atoms with Crippen LogP contribution in [0.3, 0.4) is 0 Å². The van der Waals surface area contributed by atoms with Gasteiger partial charge in [-0.2, -0.15) is 0 Å². The second kappa shape index (κ2) is 10.8. The highest BCUT2D eigenvalue weighted by atomic mass is 19.1. The number of halogens is 1. The molecule has 0 saturated carbocycles. The van der Waals surface area contributed by atoms with Crippen LogP contribution in [0.4, 0.5) is 4.39 Å². The fourth-order valence-electron chi connectivity index (χ4n) is 4.03. The number of aldehydes is 1. The van der Waals surface area contributed by atoms with Gasteiger partial charge in [0.1, 0.15) is 17.2 Å². The third kappa shape index (κ3) is 5.10. The zero-order valence-corrected chi connectivity index (χ0v) is 19.8. The van der Waals surface area contributed by atoms with E-state index in [2.05, 4.69) is 17.2 Å². The molecule has 0 aliphatic rings. The van der Waals surface area contributed by atoms with E-state index in [1.165, 1.54) is 12.1 Å². The number of likely N-dealkylation sites (N-methyl/N-ethyl adjacent to an activating group) is 1. The van der Waals surface area contributed by atoms with Crippen molar-refractivity contribution in [2.45, 2.75) is 12.8 Å². The average Bonchev–Trinajstić information content (AvgIpc) is 3.26. The van der Waals surface area contributed by atoms with Gasteiger partial charge in [0, 0.05) is 30.1 Å². The standard InChI is InChI=1S/C29H25FN2O4/c1-3-4-12-32-29(35)20-7-5-6-19(13-20)23-16-24-25(17-33)28(18-8-10-22(30)11-9-18)36-26(24)14-21(23)15-27(34)31-2/h3,5-11,13-14,16-17H,1,4,12,15H2,2H3,(H,31,34)(H,32,35). The molecule has 0 fully saturated rings. The van der Waals surface area contributed by atoms with Crippen LogP contribution in [0, 0.1) is 5.82 Å². The van der Waals surface area contributed by atoms with Crippen molar-refractivity contribution < 1.29 is 23.2 Å². The van der Waals surface area contributed by atoms with Crippen LogP contribution in [-0.2, 0) is 11.2 Å². The molecule has 0 unspecified atom stereocenters. The molecule has 0 bridgehead atoms. The van der Waals surface area contributed by atoms with Crippen molar-refractivity contribution in [3.8, 4) is 22.5 Å². The second-order valence-corrected chi connectivity index (χ2v) is 8.24. The number of carbonyl (C=O) groups is 3. The van der Waals surface area contributed by atoms with Crippen molar-refractivity contribution in [1.82, 2.24) is 10.6 Å². The van der Waals surface area contributed by atoms with Crippen LogP contribution in [0.15, 0.2) is 77.7 Å². The van der Waals surface area contributed by atoms with Gasteiger partial charge in [-0.15, -0.1) is 6.58 Å². The number of rotatable bonds is 9. The highest BCUT2D eigenvalue weighted by molar-refractivity contribution is 6.05. The van der Waals surface area contributed by atoms with Gasteiger partial charge in [0.05, 0.1) is 12.0 Å². The van der Waals surface area contributed by atoms with Crippen molar-refractivity contribution >= 4 is 29.1 Å². The first-order valence-electron chi connectivity index (χ1n) is 11.5. The zero-order chi connectivity index (χ0) is 25.7. The number of hydrogen-bond donors (Lipinski definition) is 2. The highest BCUT2D eigenvalue weighted by Gasteiger charge is 2.20. The first-order valence-corrected chi connectivity index (χ1v) is 11.5. The Labute approximate surface area is 207 Å². The smallest absolute Gasteiger partial charge is 0.251 e. The zero-order valence-electron chi connectivity index (χ0n) is 19.8. The lowest BCUT2D eigenvalue weighted by atomic mass is 9.93. The summed E-state index contributed by atoms with van der Waals surface area (Å²) in [6.07, 6.45) is 3.16. The predicted molar refractivity (Wildman–Crippen MR) is 137 cm³/mol. The fraction of sp³-hybridized carbons (Fsp3) is 0.138. The molecule has 0 spiro atoms. The van der Waals surface area contributed by atoms with Gasteiger partial charge in [-0.25, -0.2) is 4.39 Å². The second-order valence-electron chi connectivity index (χ2n) is 8.24. The Kier molecular flexibility index (Phi) is 7.39. The summed E-state index contributed by atoms with van der Waals surface area (Å²) in [5, 5.41) is 6.03. The van der Waals surface area contributed by atoms with Crippen molar-refractivity contribution in [2.75, 3.05) is 13.6 Å². The Bertz CT molecular complexity index is 1450. The summed E-state index contributed by atoms with van der Waals surface area (Å²) < 4.78 is 19.5. The molecule has 0 aliphatic heterocycles. The molecular weight excluding hydrogens is 459 g/mol. The Hall–Kier alpha value is -4.52. The lowest BCUT2D eigenvalue weighted by Gasteiger charge is -2.12. The number of carbonyl (C=O) groups excluding carboxylic acids is 3. The molecule has 4 aromatic rings. The summed E-state index contributed by atoms with van der Waals surface area (Å²) in [5.74, 6) is -0.498. The molecule has 1 heterocycles. The van der Waals surface area contributed by atoms with Gasteiger partial charge in [-0.05, 0) is 71.6 Å². The van der Waals surface area contributed by atoms with Gasteiger partial charge >= 0.3 is 0 Å². The fourth-order valence-corrected chi connectivity index (χ4v) is 4.03. The van der Waals surface area contributed by atoms with E-state index in [9.17, 15) is 18.8 Å². The Balaban J connectivity index is 1.86. The molecule has 0 aliphatic carbocycles. The minimum Gasteiger partial charge on any atom is -0.455 e. The van der Waals surface area contributed by atoms with Crippen molar-refractivity contribution in [2.24, 2.45) is 0 Å². The lowest BCUT2D eigenvalue weighted by molar-refractivity contribution is -0.119. The first-order chi connectivity index (χ1) is 17.4. The van der Waals surface area contributed by atoms with Crippen molar-refractivity contribution in [3.63, 3.8) is 0 Å². The summed E-state index contributed by atoms with van der Waals surface area (Å²) in [5.41, 5.74) is 3.86. The van der Waals surface area contributed by atoms with Gasteiger partial charge in [-0.1, -0.05) is 18.2 Å². The summed E-state index contributed by atoms with van der Waals surface area (Å²) in [7, 11) is 1.55. The van der Waals surface area contributed by atoms with Gasteiger partial charge < -0.3 is 15.1 Å². The van der Waals surface area contributed by atoms with Gasteiger partial charge in [0.2, 0.25) is 5.91 Å². The highest BCUT2D eigenvalue weighted by Crippen LogP contribution is 2.37. The molecular formula is C29H25FN2O4. The Morgan fingerprint density at radius 3 is 2.53 bits per heavy atom.